The fourth-order valence-electron chi connectivity index (χ4n) is 2.09. The molecule has 0 bridgehead atoms. The second-order valence-electron chi connectivity index (χ2n) is 6.04. The average Bonchev–Trinajstić information content (AvgIpc) is 2.74. The molecule has 19 heavy (non-hydrogen) atoms. The Hall–Kier alpha value is -1.59. The van der Waals surface area contributed by atoms with Crippen molar-refractivity contribution >= 4 is 17.7 Å². The van der Waals surface area contributed by atoms with Gasteiger partial charge >= 0.3 is 0 Å². The first-order valence-corrected chi connectivity index (χ1v) is 6.55. The van der Waals surface area contributed by atoms with Crippen LogP contribution < -0.4 is 11.1 Å². The first kappa shape index (κ1) is 15.5. The van der Waals surface area contributed by atoms with Crippen molar-refractivity contribution in [2.75, 3.05) is 6.54 Å². The van der Waals surface area contributed by atoms with Gasteiger partial charge in [-0.15, -0.1) is 0 Å². The minimum atomic E-state index is -0.723. The maximum atomic E-state index is 12.3. The molecule has 0 aromatic heterocycles. The van der Waals surface area contributed by atoms with Crippen LogP contribution in [0.15, 0.2) is 0 Å². The molecule has 1 saturated heterocycles. The van der Waals surface area contributed by atoms with Gasteiger partial charge in [0.15, 0.2) is 0 Å². The molecule has 1 fully saturated rings. The van der Waals surface area contributed by atoms with Crippen LogP contribution in [0.4, 0.5) is 0 Å². The summed E-state index contributed by atoms with van der Waals surface area (Å²) in [6, 6.07) is -1.21. The van der Waals surface area contributed by atoms with Gasteiger partial charge in [0.2, 0.25) is 17.7 Å². The van der Waals surface area contributed by atoms with Gasteiger partial charge in [-0.2, -0.15) is 0 Å². The van der Waals surface area contributed by atoms with Crippen molar-refractivity contribution in [1.82, 2.24) is 10.2 Å². The number of hydrogen-bond donors (Lipinski definition) is 2. The van der Waals surface area contributed by atoms with Crippen molar-refractivity contribution in [2.24, 2.45) is 11.1 Å². The summed E-state index contributed by atoms with van der Waals surface area (Å²) in [6.45, 7) is 7.60. The number of carbonyl (C=O) groups is 3. The zero-order valence-electron chi connectivity index (χ0n) is 12.0. The summed E-state index contributed by atoms with van der Waals surface area (Å²) in [5, 5.41) is 2.55. The molecule has 6 nitrogen and oxygen atoms in total. The van der Waals surface area contributed by atoms with Gasteiger partial charge in [0, 0.05) is 12.0 Å². The third-order valence-electron chi connectivity index (χ3n) is 3.24. The van der Waals surface area contributed by atoms with Gasteiger partial charge in [0.05, 0.1) is 0 Å². The fraction of sp³-hybridized carbons (Fsp3) is 0.769. The molecular formula is C13H23N3O3. The smallest absolute Gasteiger partial charge is 0.243 e. The lowest BCUT2D eigenvalue weighted by atomic mass is 9.94. The Bertz CT molecular complexity index is 387. The van der Waals surface area contributed by atoms with Crippen molar-refractivity contribution in [2.45, 2.75) is 52.6 Å². The number of nitrogens with two attached hydrogens (primary N) is 1. The third-order valence-corrected chi connectivity index (χ3v) is 3.24. The standard InChI is InChI=1S/C13H23N3O3/c1-8(10(14)17)15-11(18)9-6-5-7-16(9)12(19)13(2,3)4/h8-9H,5-7H2,1-4H3,(H2,14,17)(H,15,18)/t8-,9-/m0/s1. The number of likely N-dealkylation sites (tertiary alicyclic amines) is 1. The molecule has 2 atom stereocenters. The van der Waals surface area contributed by atoms with E-state index in [0.29, 0.717) is 13.0 Å². The molecule has 108 valence electrons. The van der Waals surface area contributed by atoms with E-state index in [-0.39, 0.29) is 11.8 Å². The molecule has 0 radical (unpaired) electrons. The van der Waals surface area contributed by atoms with Crippen molar-refractivity contribution in [3.63, 3.8) is 0 Å². The highest BCUT2D eigenvalue weighted by molar-refractivity contribution is 5.92. The zero-order chi connectivity index (χ0) is 14.8. The van der Waals surface area contributed by atoms with Crippen LogP contribution in [-0.2, 0) is 14.4 Å². The third kappa shape index (κ3) is 3.68. The van der Waals surface area contributed by atoms with E-state index < -0.39 is 23.4 Å². The lowest BCUT2D eigenvalue weighted by molar-refractivity contribution is -0.145. The maximum absolute atomic E-state index is 12.3. The molecule has 0 aromatic carbocycles. The summed E-state index contributed by atoms with van der Waals surface area (Å²) < 4.78 is 0. The quantitative estimate of drug-likeness (QED) is 0.756. The van der Waals surface area contributed by atoms with Crippen LogP contribution in [0.5, 0.6) is 0 Å². The Morgan fingerprint density at radius 2 is 1.89 bits per heavy atom. The number of hydrogen-bond acceptors (Lipinski definition) is 3. The van der Waals surface area contributed by atoms with E-state index in [2.05, 4.69) is 5.32 Å². The molecule has 0 aliphatic carbocycles. The highest BCUT2D eigenvalue weighted by Gasteiger charge is 2.38. The number of rotatable bonds is 3. The molecule has 0 saturated carbocycles. The molecule has 6 heteroatoms. The van der Waals surface area contributed by atoms with E-state index in [1.807, 2.05) is 20.8 Å². The van der Waals surface area contributed by atoms with Gasteiger partial charge in [-0.3, -0.25) is 14.4 Å². The van der Waals surface area contributed by atoms with Gasteiger partial charge in [0.1, 0.15) is 12.1 Å². The molecule has 1 aliphatic rings. The van der Waals surface area contributed by atoms with Gasteiger partial charge in [-0.05, 0) is 19.8 Å². The van der Waals surface area contributed by atoms with E-state index in [9.17, 15) is 14.4 Å². The lowest BCUT2D eigenvalue weighted by Crippen LogP contribution is -2.53. The minimum absolute atomic E-state index is 0.0446. The molecule has 1 heterocycles. The topological polar surface area (TPSA) is 92.5 Å². The van der Waals surface area contributed by atoms with Crippen LogP contribution in [0.1, 0.15) is 40.5 Å². The van der Waals surface area contributed by atoms with E-state index >= 15 is 0 Å². The summed E-state index contributed by atoms with van der Waals surface area (Å²) in [6.07, 6.45) is 1.42. The zero-order valence-corrected chi connectivity index (χ0v) is 12.0. The monoisotopic (exact) mass is 269 g/mol. The van der Waals surface area contributed by atoms with Crippen molar-refractivity contribution < 1.29 is 14.4 Å². The fourth-order valence-corrected chi connectivity index (χ4v) is 2.09. The van der Waals surface area contributed by atoms with Crippen LogP contribution >= 0.6 is 0 Å². The van der Waals surface area contributed by atoms with Crippen molar-refractivity contribution in [3.05, 3.63) is 0 Å². The largest absolute Gasteiger partial charge is 0.368 e. The van der Waals surface area contributed by atoms with Crippen LogP contribution in [-0.4, -0.2) is 41.2 Å². The Morgan fingerprint density at radius 1 is 1.32 bits per heavy atom. The predicted molar refractivity (Wildman–Crippen MR) is 71.0 cm³/mol. The normalized spacial score (nSPS) is 21.1. The minimum Gasteiger partial charge on any atom is -0.368 e. The van der Waals surface area contributed by atoms with Gasteiger partial charge < -0.3 is 16.0 Å². The molecule has 0 unspecified atom stereocenters. The Kier molecular flexibility index (Phi) is 4.55. The second-order valence-corrected chi connectivity index (χ2v) is 6.04. The molecule has 0 spiro atoms. The summed E-state index contributed by atoms with van der Waals surface area (Å²) in [5.41, 5.74) is 4.60. The number of nitrogens with zero attached hydrogens (tertiary/aromatic N) is 1. The number of carbonyl (C=O) groups excluding carboxylic acids is 3. The SMILES string of the molecule is C[C@H](NC(=O)[C@@H]1CCCN1C(=O)C(C)(C)C)C(N)=O. The molecule has 1 rings (SSSR count). The van der Waals surface area contributed by atoms with Crippen LogP contribution in [0.2, 0.25) is 0 Å². The summed E-state index contributed by atoms with van der Waals surface area (Å²) in [4.78, 5) is 36.9. The molecular weight excluding hydrogens is 246 g/mol. The first-order chi connectivity index (χ1) is 8.64. The molecule has 3 amide bonds. The maximum Gasteiger partial charge on any atom is 0.243 e. The van der Waals surface area contributed by atoms with Crippen LogP contribution in [0.25, 0.3) is 0 Å². The Balaban J connectivity index is 2.74. The molecule has 1 aliphatic heterocycles. The Morgan fingerprint density at radius 3 is 2.37 bits per heavy atom. The van der Waals surface area contributed by atoms with E-state index in [1.165, 1.54) is 6.92 Å². The average molecular weight is 269 g/mol. The van der Waals surface area contributed by atoms with E-state index in [0.717, 1.165) is 6.42 Å². The number of nitrogens with one attached hydrogen (secondary N) is 1. The molecule has 0 aromatic rings. The summed E-state index contributed by atoms with van der Waals surface area (Å²) in [7, 11) is 0. The van der Waals surface area contributed by atoms with Crippen molar-refractivity contribution in [3.8, 4) is 0 Å². The lowest BCUT2D eigenvalue weighted by Gasteiger charge is -2.30. The van der Waals surface area contributed by atoms with Crippen LogP contribution in [0, 0.1) is 5.41 Å². The second kappa shape index (κ2) is 5.59. The van der Waals surface area contributed by atoms with Crippen LogP contribution in [0.3, 0.4) is 0 Å². The van der Waals surface area contributed by atoms with Crippen molar-refractivity contribution in [1.29, 1.82) is 0 Å². The van der Waals surface area contributed by atoms with Gasteiger partial charge in [0.25, 0.3) is 0 Å². The van der Waals surface area contributed by atoms with E-state index in [1.54, 1.807) is 4.90 Å². The van der Waals surface area contributed by atoms with E-state index in [4.69, 9.17) is 5.73 Å². The summed E-state index contributed by atoms with van der Waals surface area (Å²) in [5.74, 6) is -0.932. The Labute approximate surface area is 113 Å². The first-order valence-electron chi connectivity index (χ1n) is 6.55. The predicted octanol–water partition coefficient (Wildman–Crippen LogP) is 0.0135. The highest BCUT2D eigenvalue weighted by Crippen LogP contribution is 2.25. The van der Waals surface area contributed by atoms with Gasteiger partial charge in [-0.25, -0.2) is 0 Å². The van der Waals surface area contributed by atoms with Gasteiger partial charge in [-0.1, -0.05) is 20.8 Å². The summed E-state index contributed by atoms with van der Waals surface area (Å²) >= 11 is 0. The number of amides is 3. The number of primary amides is 1. The highest BCUT2D eigenvalue weighted by atomic mass is 16.2. The molecule has 3 N–H and O–H groups in total.